The van der Waals surface area contributed by atoms with Crippen LogP contribution in [0.5, 0.6) is 0 Å². The van der Waals surface area contributed by atoms with Gasteiger partial charge in [0, 0.05) is 28.6 Å². The molecular weight excluding hydrogens is 302 g/mol. The second-order valence-corrected chi connectivity index (χ2v) is 5.18. The summed E-state index contributed by atoms with van der Waals surface area (Å²) in [6, 6.07) is 8.15. The lowest BCUT2D eigenvalue weighted by Crippen LogP contribution is -2.07. The molecule has 1 aromatic heterocycles. The lowest BCUT2D eigenvalue weighted by atomic mass is 10.1. The van der Waals surface area contributed by atoms with Crippen LogP contribution in [-0.4, -0.2) is 16.5 Å². The minimum Gasteiger partial charge on any atom is -0.370 e. The van der Waals surface area contributed by atoms with E-state index < -0.39 is 0 Å². The van der Waals surface area contributed by atoms with E-state index in [1.165, 1.54) is 0 Å². The van der Waals surface area contributed by atoms with Crippen LogP contribution in [0, 0.1) is 6.92 Å². The second-order valence-electron chi connectivity index (χ2n) is 4.33. The molecule has 0 saturated heterocycles. The molecule has 0 saturated carbocycles. The molecule has 0 atom stereocenters. The Morgan fingerprint density at radius 3 is 2.53 bits per heavy atom. The van der Waals surface area contributed by atoms with Gasteiger partial charge in [-0.25, -0.2) is 9.97 Å². The van der Waals surface area contributed by atoms with E-state index in [0.717, 1.165) is 45.9 Å². The minimum absolute atomic E-state index is 0.829. The summed E-state index contributed by atoms with van der Waals surface area (Å²) in [5.74, 6) is 1.80. The van der Waals surface area contributed by atoms with Crippen LogP contribution in [0.4, 0.5) is 5.82 Å². The summed E-state index contributed by atoms with van der Waals surface area (Å²) < 4.78 is 1.06. The van der Waals surface area contributed by atoms with Gasteiger partial charge in [0.15, 0.2) is 0 Å². The van der Waals surface area contributed by atoms with Crippen LogP contribution < -0.4 is 5.32 Å². The Hall–Kier alpha value is -1.42. The van der Waals surface area contributed by atoms with Crippen molar-refractivity contribution in [2.24, 2.45) is 0 Å². The fourth-order valence-electron chi connectivity index (χ4n) is 1.98. The topological polar surface area (TPSA) is 37.8 Å². The lowest BCUT2D eigenvalue weighted by molar-refractivity contribution is 0.929. The van der Waals surface area contributed by atoms with Crippen molar-refractivity contribution in [3.8, 4) is 11.3 Å². The zero-order valence-corrected chi connectivity index (χ0v) is 13.1. The van der Waals surface area contributed by atoms with Crippen LogP contribution >= 0.6 is 15.9 Å². The molecule has 0 aliphatic rings. The molecule has 1 aromatic carbocycles. The summed E-state index contributed by atoms with van der Waals surface area (Å²) in [5.41, 5.74) is 3.19. The van der Waals surface area contributed by atoms with Gasteiger partial charge in [-0.15, -0.1) is 0 Å². The number of nitrogens with zero attached hydrogens (tertiary/aromatic N) is 2. The van der Waals surface area contributed by atoms with Gasteiger partial charge in [0.1, 0.15) is 11.6 Å². The van der Waals surface area contributed by atoms with Gasteiger partial charge in [-0.2, -0.15) is 0 Å². The van der Waals surface area contributed by atoms with Crippen molar-refractivity contribution in [1.29, 1.82) is 0 Å². The first-order valence-electron chi connectivity index (χ1n) is 6.53. The summed E-state index contributed by atoms with van der Waals surface area (Å²) in [7, 11) is 0. The van der Waals surface area contributed by atoms with Crippen molar-refractivity contribution in [3.63, 3.8) is 0 Å². The van der Waals surface area contributed by atoms with E-state index >= 15 is 0 Å². The molecule has 0 bridgehead atoms. The molecule has 100 valence electrons. The van der Waals surface area contributed by atoms with E-state index in [1.54, 1.807) is 0 Å². The smallest absolute Gasteiger partial charge is 0.133 e. The average molecular weight is 320 g/mol. The van der Waals surface area contributed by atoms with Crippen molar-refractivity contribution in [1.82, 2.24) is 9.97 Å². The Kier molecular flexibility index (Phi) is 4.53. The molecule has 1 heterocycles. The maximum atomic E-state index is 4.68. The van der Waals surface area contributed by atoms with E-state index in [-0.39, 0.29) is 0 Å². The van der Waals surface area contributed by atoms with Crippen LogP contribution in [0.15, 0.2) is 28.7 Å². The highest BCUT2D eigenvalue weighted by atomic mass is 79.9. The van der Waals surface area contributed by atoms with Gasteiger partial charge in [0.2, 0.25) is 0 Å². The Bertz CT molecular complexity index is 582. The summed E-state index contributed by atoms with van der Waals surface area (Å²) in [5, 5.41) is 3.31. The van der Waals surface area contributed by atoms with E-state index in [0.29, 0.717) is 0 Å². The number of aromatic nitrogens is 2. The Morgan fingerprint density at radius 2 is 1.89 bits per heavy atom. The predicted octanol–water partition coefficient (Wildman–Crippen LogP) is 4.21. The number of benzene rings is 1. The molecule has 3 nitrogen and oxygen atoms in total. The Balaban J connectivity index is 2.62. The van der Waals surface area contributed by atoms with Crippen LogP contribution in [-0.2, 0) is 6.42 Å². The molecule has 0 aliphatic carbocycles. The van der Waals surface area contributed by atoms with Crippen LogP contribution in [0.25, 0.3) is 11.3 Å². The SMILES string of the molecule is CCNc1nc(CC)nc(-c2ccccc2Br)c1C. The molecule has 2 aromatic rings. The maximum Gasteiger partial charge on any atom is 0.133 e. The van der Waals surface area contributed by atoms with Crippen LogP contribution in [0.3, 0.4) is 0 Å². The van der Waals surface area contributed by atoms with E-state index in [1.807, 2.05) is 18.2 Å². The van der Waals surface area contributed by atoms with Gasteiger partial charge >= 0.3 is 0 Å². The molecule has 0 fully saturated rings. The number of aryl methyl sites for hydroxylation is 1. The van der Waals surface area contributed by atoms with Crippen molar-refractivity contribution >= 4 is 21.7 Å². The van der Waals surface area contributed by atoms with Gasteiger partial charge in [0.05, 0.1) is 5.69 Å². The third kappa shape index (κ3) is 2.95. The maximum absolute atomic E-state index is 4.68. The number of nitrogens with one attached hydrogen (secondary N) is 1. The molecule has 1 N–H and O–H groups in total. The first-order chi connectivity index (χ1) is 9.17. The highest BCUT2D eigenvalue weighted by molar-refractivity contribution is 9.10. The third-order valence-electron chi connectivity index (χ3n) is 2.98. The highest BCUT2D eigenvalue weighted by Gasteiger charge is 2.13. The van der Waals surface area contributed by atoms with Gasteiger partial charge in [-0.1, -0.05) is 41.1 Å². The quantitative estimate of drug-likeness (QED) is 0.917. The summed E-state index contributed by atoms with van der Waals surface area (Å²) in [4.78, 5) is 9.24. The van der Waals surface area contributed by atoms with E-state index in [9.17, 15) is 0 Å². The molecule has 4 heteroatoms. The van der Waals surface area contributed by atoms with Crippen molar-refractivity contribution in [2.45, 2.75) is 27.2 Å². The van der Waals surface area contributed by atoms with Crippen LogP contribution in [0.1, 0.15) is 25.2 Å². The van der Waals surface area contributed by atoms with E-state index in [4.69, 9.17) is 0 Å². The highest BCUT2D eigenvalue weighted by Crippen LogP contribution is 2.31. The zero-order chi connectivity index (χ0) is 13.8. The molecule has 2 rings (SSSR count). The standard InChI is InChI=1S/C15H18BrN3/c1-4-13-18-14(10(3)15(19-13)17-5-2)11-8-6-7-9-12(11)16/h6-9H,4-5H2,1-3H3,(H,17,18,19). The first-order valence-corrected chi connectivity index (χ1v) is 7.33. The number of rotatable bonds is 4. The van der Waals surface area contributed by atoms with Gasteiger partial charge in [0.25, 0.3) is 0 Å². The fraction of sp³-hybridized carbons (Fsp3) is 0.333. The lowest BCUT2D eigenvalue weighted by Gasteiger charge is -2.13. The van der Waals surface area contributed by atoms with Crippen molar-refractivity contribution in [3.05, 3.63) is 40.1 Å². The molecule has 19 heavy (non-hydrogen) atoms. The number of hydrogen-bond donors (Lipinski definition) is 1. The Labute approximate surface area is 122 Å². The third-order valence-corrected chi connectivity index (χ3v) is 3.67. The van der Waals surface area contributed by atoms with Crippen molar-refractivity contribution < 1.29 is 0 Å². The normalized spacial score (nSPS) is 10.5. The number of halogens is 1. The van der Waals surface area contributed by atoms with E-state index in [2.05, 4.69) is 58.1 Å². The van der Waals surface area contributed by atoms with Crippen molar-refractivity contribution in [2.75, 3.05) is 11.9 Å². The summed E-state index contributed by atoms with van der Waals surface area (Å²) in [6.07, 6.45) is 0.829. The predicted molar refractivity (Wildman–Crippen MR) is 83.4 cm³/mol. The first kappa shape index (κ1) is 14.0. The number of hydrogen-bond acceptors (Lipinski definition) is 3. The van der Waals surface area contributed by atoms with Gasteiger partial charge < -0.3 is 5.32 Å². The Morgan fingerprint density at radius 1 is 1.16 bits per heavy atom. The molecule has 0 radical (unpaired) electrons. The monoisotopic (exact) mass is 319 g/mol. The second kappa shape index (κ2) is 6.15. The summed E-state index contributed by atoms with van der Waals surface area (Å²) >= 11 is 3.60. The number of anilines is 1. The molecule has 0 spiro atoms. The van der Waals surface area contributed by atoms with Crippen LogP contribution in [0.2, 0.25) is 0 Å². The zero-order valence-electron chi connectivity index (χ0n) is 11.5. The molecule has 0 aliphatic heterocycles. The molecular formula is C15H18BrN3. The minimum atomic E-state index is 0.829. The molecule has 0 amide bonds. The fourth-order valence-corrected chi connectivity index (χ4v) is 2.45. The summed E-state index contributed by atoms with van der Waals surface area (Å²) in [6.45, 7) is 7.07. The average Bonchev–Trinajstić information content (AvgIpc) is 2.42. The van der Waals surface area contributed by atoms with Gasteiger partial charge in [-0.05, 0) is 19.9 Å². The molecule has 0 unspecified atom stereocenters. The largest absolute Gasteiger partial charge is 0.370 e. The van der Waals surface area contributed by atoms with Gasteiger partial charge in [-0.3, -0.25) is 0 Å².